The molecule has 0 radical (unpaired) electrons. The lowest BCUT2D eigenvalue weighted by atomic mass is 9.76. The summed E-state index contributed by atoms with van der Waals surface area (Å²) in [5.41, 5.74) is 1.64. The van der Waals surface area contributed by atoms with Gasteiger partial charge in [-0.2, -0.15) is 5.10 Å². The lowest BCUT2D eigenvalue weighted by molar-refractivity contribution is 0.00578. The van der Waals surface area contributed by atoms with Gasteiger partial charge in [0.05, 0.1) is 16.9 Å². The van der Waals surface area contributed by atoms with Gasteiger partial charge in [-0.05, 0) is 59.5 Å². The molecule has 2 aliphatic carbocycles. The first-order valence-electron chi connectivity index (χ1n) is 9.59. The van der Waals surface area contributed by atoms with Crippen molar-refractivity contribution in [3.63, 3.8) is 0 Å². The largest absolute Gasteiger partial charge is 0.525 e. The highest BCUT2D eigenvalue weighted by molar-refractivity contribution is 6.54. The Labute approximate surface area is 149 Å². The van der Waals surface area contributed by atoms with Crippen LogP contribution >= 0.6 is 0 Å². The molecule has 3 aliphatic rings. The van der Waals surface area contributed by atoms with Gasteiger partial charge < -0.3 is 9.31 Å². The molecule has 4 rings (SSSR count). The quantitative estimate of drug-likeness (QED) is 0.790. The molecule has 25 heavy (non-hydrogen) atoms. The van der Waals surface area contributed by atoms with Crippen LogP contribution in [0.1, 0.15) is 95.0 Å². The molecule has 1 aliphatic heterocycles. The molecule has 0 bridgehead atoms. The molecule has 1 saturated heterocycles. The fourth-order valence-electron chi connectivity index (χ4n) is 3.69. The molecule has 0 amide bonds. The Balaban J connectivity index is 1.64. The SMILES string of the molecule is CC1(C)OB(C(F)=Cc2c(C3CCC3)n[nH]c2C2CCC2)OC1(C)C. The van der Waals surface area contributed by atoms with E-state index in [9.17, 15) is 0 Å². The zero-order valence-corrected chi connectivity index (χ0v) is 15.7. The van der Waals surface area contributed by atoms with Gasteiger partial charge in [0.15, 0.2) is 0 Å². The molecule has 1 aromatic rings. The van der Waals surface area contributed by atoms with Crippen molar-refractivity contribution in [3.8, 4) is 0 Å². The maximum absolute atomic E-state index is 15.1. The van der Waals surface area contributed by atoms with Crippen LogP contribution in [0.5, 0.6) is 0 Å². The summed E-state index contributed by atoms with van der Waals surface area (Å²) in [7, 11) is -0.941. The molecule has 136 valence electrons. The summed E-state index contributed by atoms with van der Waals surface area (Å²) in [6.45, 7) is 7.77. The number of nitrogens with one attached hydrogen (secondary N) is 1. The van der Waals surface area contributed by atoms with Crippen LogP contribution in [0, 0.1) is 0 Å². The fraction of sp³-hybridized carbons (Fsp3) is 0.737. The Kier molecular flexibility index (Phi) is 4.11. The van der Waals surface area contributed by atoms with Crippen LogP contribution in [-0.4, -0.2) is 28.5 Å². The first kappa shape index (κ1) is 17.3. The summed E-state index contributed by atoms with van der Waals surface area (Å²) in [6.07, 6.45) is 8.70. The highest BCUT2D eigenvalue weighted by Gasteiger charge is 2.53. The van der Waals surface area contributed by atoms with Gasteiger partial charge in [0.1, 0.15) is 5.73 Å². The van der Waals surface area contributed by atoms with Gasteiger partial charge in [0, 0.05) is 23.1 Å². The Hall–Kier alpha value is -1.14. The van der Waals surface area contributed by atoms with Crippen molar-refractivity contribution in [2.75, 3.05) is 0 Å². The standard InChI is InChI=1S/C19H28BFN2O2/c1-18(2)19(3,4)25-20(24-18)15(21)11-14-16(12-7-5-8-12)22-23-17(14)13-9-6-10-13/h11-13H,5-10H2,1-4H3,(H,22,23). The van der Waals surface area contributed by atoms with Crippen molar-refractivity contribution < 1.29 is 13.7 Å². The van der Waals surface area contributed by atoms with Gasteiger partial charge in [-0.1, -0.05) is 12.8 Å². The number of H-pyrrole nitrogens is 1. The number of rotatable bonds is 4. The number of aromatic amines is 1. The number of nitrogens with zero attached hydrogens (tertiary/aromatic N) is 1. The van der Waals surface area contributed by atoms with Crippen LogP contribution in [0.4, 0.5) is 4.39 Å². The van der Waals surface area contributed by atoms with Crippen LogP contribution < -0.4 is 0 Å². The topological polar surface area (TPSA) is 47.1 Å². The van der Waals surface area contributed by atoms with Crippen molar-refractivity contribution in [1.82, 2.24) is 10.2 Å². The zero-order valence-electron chi connectivity index (χ0n) is 15.7. The molecule has 0 aromatic carbocycles. The molecule has 1 aromatic heterocycles. The molecule has 4 nitrogen and oxygen atoms in total. The average Bonchev–Trinajstić information content (AvgIpc) is 2.87. The molecule has 2 saturated carbocycles. The van der Waals surface area contributed by atoms with E-state index in [2.05, 4.69) is 10.2 Å². The highest BCUT2D eigenvalue weighted by atomic mass is 19.1. The summed E-state index contributed by atoms with van der Waals surface area (Å²) in [4.78, 5) is 0. The lowest BCUT2D eigenvalue weighted by Gasteiger charge is -2.32. The van der Waals surface area contributed by atoms with Crippen LogP contribution in [0.15, 0.2) is 5.73 Å². The first-order chi connectivity index (χ1) is 11.8. The molecule has 6 heteroatoms. The summed E-state index contributed by atoms with van der Waals surface area (Å²) in [5.74, 6) is 0.945. The summed E-state index contributed by atoms with van der Waals surface area (Å²) in [6, 6.07) is 0. The van der Waals surface area contributed by atoms with E-state index in [0.29, 0.717) is 11.8 Å². The van der Waals surface area contributed by atoms with Crippen LogP contribution in [0.2, 0.25) is 0 Å². The molecule has 1 N–H and O–H groups in total. The second-order valence-electron chi connectivity index (χ2n) is 8.81. The summed E-state index contributed by atoms with van der Waals surface area (Å²) in [5, 5.41) is 7.77. The van der Waals surface area contributed by atoms with E-state index in [4.69, 9.17) is 9.31 Å². The fourth-order valence-corrected chi connectivity index (χ4v) is 3.69. The third kappa shape index (κ3) is 2.87. The Morgan fingerprint density at radius 1 is 1.08 bits per heavy atom. The van der Waals surface area contributed by atoms with Gasteiger partial charge in [-0.25, -0.2) is 4.39 Å². The number of halogens is 1. The summed E-state index contributed by atoms with van der Waals surface area (Å²) < 4.78 is 26.8. The second kappa shape index (κ2) is 5.95. The van der Waals surface area contributed by atoms with Gasteiger partial charge in [0.25, 0.3) is 0 Å². The number of hydrogen-bond acceptors (Lipinski definition) is 3. The van der Waals surface area contributed by atoms with Gasteiger partial charge >= 0.3 is 7.12 Å². The third-order valence-electron chi connectivity index (χ3n) is 6.63. The van der Waals surface area contributed by atoms with Crippen molar-refractivity contribution in [3.05, 3.63) is 22.7 Å². The van der Waals surface area contributed by atoms with Gasteiger partial charge in [-0.15, -0.1) is 0 Å². The first-order valence-corrected chi connectivity index (χ1v) is 9.59. The third-order valence-corrected chi connectivity index (χ3v) is 6.63. The zero-order chi connectivity index (χ0) is 17.8. The van der Waals surface area contributed by atoms with Crippen molar-refractivity contribution >= 4 is 13.2 Å². The van der Waals surface area contributed by atoms with Crippen LogP contribution in [0.3, 0.4) is 0 Å². The van der Waals surface area contributed by atoms with Gasteiger partial charge in [-0.3, -0.25) is 5.10 Å². The molecule has 0 spiro atoms. The van der Waals surface area contributed by atoms with E-state index in [-0.39, 0.29) is 5.73 Å². The molecule has 2 heterocycles. The number of aromatic nitrogens is 2. The van der Waals surface area contributed by atoms with Crippen molar-refractivity contribution in [2.45, 2.75) is 89.3 Å². The monoisotopic (exact) mass is 346 g/mol. The average molecular weight is 346 g/mol. The number of hydrogen-bond donors (Lipinski definition) is 1. The van der Waals surface area contributed by atoms with E-state index >= 15 is 4.39 Å². The molecular formula is C19H28BFN2O2. The summed E-state index contributed by atoms with van der Waals surface area (Å²) >= 11 is 0. The minimum Gasteiger partial charge on any atom is -0.398 e. The molecule has 0 atom stereocenters. The predicted molar refractivity (Wildman–Crippen MR) is 96.9 cm³/mol. The molecule has 3 fully saturated rings. The lowest BCUT2D eigenvalue weighted by Crippen LogP contribution is -2.41. The Morgan fingerprint density at radius 2 is 1.64 bits per heavy atom. The van der Waals surface area contributed by atoms with E-state index in [1.165, 1.54) is 12.8 Å². The minimum absolute atomic E-state index is 0.360. The second-order valence-corrected chi connectivity index (χ2v) is 8.81. The van der Waals surface area contributed by atoms with Crippen LogP contribution in [0.25, 0.3) is 6.08 Å². The maximum Gasteiger partial charge on any atom is 0.525 e. The maximum atomic E-state index is 15.1. The highest BCUT2D eigenvalue weighted by Crippen LogP contribution is 2.44. The smallest absolute Gasteiger partial charge is 0.398 e. The molecule has 0 unspecified atom stereocenters. The Bertz CT molecular complexity index is 642. The predicted octanol–water partition coefficient (Wildman–Crippen LogP) is 4.89. The van der Waals surface area contributed by atoms with Crippen molar-refractivity contribution in [2.24, 2.45) is 0 Å². The minimum atomic E-state index is -0.941. The normalized spacial score (nSPS) is 26.6. The van der Waals surface area contributed by atoms with E-state index in [1.54, 1.807) is 6.08 Å². The van der Waals surface area contributed by atoms with Crippen molar-refractivity contribution in [1.29, 1.82) is 0 Å². The Morgan fingerprint density at radius 3 is 2.12 bits per heavy atom. The van der Waals surface area contributed by atoms with E-state index in [1.807, 2.05) is 27.7 Å². The van der Waals surface area contributed by atoms with E-state index < -0.39 is 18.3 Å². The van der Waals surface area contributed by atoms with Crippen LogP contribution in [-0.2, 0) is 9.31 Å². The van der Waals surface area contributed by atoms with E-state index in [0.717, 1.165) is 42.6 Å². The molecular weight excluding hydrogens is 318 g/mol. The van der Waals surface area contributed by atoms with Gasteiger partial charge in [0.2, 0.25) is 0 Å².